The van der Waals surface area contributed by atoms with Crippen molar-refractivity contribution in [2.45, 2.75) is 46.5 Å². The average Bonchev–Trinajstić information content (AvgIpc) is 3.10. The molecular weight excluding hydrogens is 370 g/mol. The van der Waals surface area contributed by atoms with E-state index in [0.29, 0.717) is 30.4 Å². The van der Waals surface area contributed by atoms with E-state index in [1.165, 1.54) is 0 Å². The standard InChI is InChI=1S/C21H29N5O3/c1-14(2)13-29-19(27)8-6-5-7-11-22-20-21-25-24-15(3)26(21)18-10-9-16(28-4)12-17(18)23-20/h9-10,12,14H,5-8,11,13H2,1-4H3,(H,22,23). The molecule has 1 aromatic carbocycles. The number of unbranched alkanes of at least 4 members (excludes halogenated alkanes) is 2. The highest BCUT2D eigenvalue weighted by atomic mass is 16.5. The van der Waals surface area contributed by atoms with Crippen molar-refractivity contribution in [1.82, 2.24) is 19.6 Å². The summed E-state index contributed by atoms with van der Waals surface area (Å²) in [7, 11) is 1.64. The topological polar surface area (TPSA) is 90.6 Å². The van der Waals surface area contributed by atoms with Gasteiger partial charge in [-0.1, -0.05) is 20.3 Å². The van der Waals surface area contributed by atoms with E-state index in [1.54, 1.807) is 7.11 Å². The van der Waals surface area contributed by atoms with Crippen LogP contribution in [0.2, 0.25) is 0 Å². The summed E-state index contributed by atoms with van der Waals surface area (Å²) >= 11 is 0. The number of fused-ring (bicyclic) bond motifs is 3. The van der Waals surface area contributed by atoms with Crippen molar-refractivity contribution >= 4 is 28.5 Å². The predicted octanol–water partition coefficient (Wildman–Crippen LogP) is 3.77. The quantitative estimate of drug-likeness (QED) is 0.410. The van der Waals surface area contributed by atoms with Crippen LogP contribution in [0.4, 0.5) is 5.82 Å². The van der Waals surface area contributed by atoms with E-state index in [1.807, 2.05) is 43.4 Å². The number of ether oxygens (including phenoxy) is 2. The minimum atomic E-state index is -0.113. The minimum absolute atomic E-state index is 0.113. The number of aryl methyl sites for hydroxylation is 1. The highest BCUT2D eigenvalue weighted by Gasteiger charge is 2.13. The van der Waals surface area contributed by atoms with Crippen molar-refractivity contribution in [2.75, 3.05) is 25.6 Å². The number of nitrogens with zero attached hydrogens (tertiary/aromatic N) is 4. The summed E-state index contributed by atoms with van der Waals surface area (Å²) in [5, 5.41) is 11.9. The number of rotatable bonds is 10. The Morgan fingerprint density at radius 1 is 1.21 bits per heavy atom. The first kappa shape index (κ1) is 20.8. The van der Waals surface area contributed by atoms with Crippen LogP contribution in [0.1, 0.15) is 45.4 Å². The van der Waals surface area contributed by atoms with Crippen molar-refractivity contribution < 1.29 is 14.3 Å². The maximum atomic E-state index is 11.7. The van der Waals surface area contributed by atoms with E-state index >= 15 is 0 Å². The van der Waals surface area contributed by atoms with Gasteiger partial charge in [0.1, 0.15) is 11.6 Å². The van der Waals surface area contributed by atoms with E-state index in [-0.39, 0.29) is 5.97 Å². The van der Waals surface area contributed by atoms with E-state index in [0.717, 1.165) is 48.4 Å². The molecule has 0 saturated heterocycles. The molecule has 0 aliphatic heterocycles. The molecule has 1 N–H and O–H groups in total. The Bertz CT molecular complexity index is 983. The Morgan fingerprint density at radius 3 is 2.79 bits per heavy atom. The first-order valence-corrected chi connectivity index (χ1v) is 10.1. The van der Waals surface area contributed by atoms with Gasteiger partial charge in [0, 0.05) is 19.0 Å². The average molecular weight is 399 g/mol. The highest BCUT2D eigenvalue weighted by Crippen LogP contribution is 2.25. The molecule has 0 aliphatic carbocycles. The van der Waals surface area contributed by atoms with E-state index in [4.69, 9.17) is 14.5 Å². The van der Waals surface area contributed by atoms with Crippen LogP contribution >= 0.6 is 0 Å². The van der Waals surface area contributed by atoms with Gasteiger partial charge in [0.2, 0.25) is 5.65 Å². The maximum absolute atomic E-state index is 11.7. The van der Waals surface area contributed by atoms with E-state index in [2.05, 4.69) is 15.5 Å². The monoisotopic (exact) mass is 399 g/mol. The Balaban J connectivity index is 1.59. The molecule has 156 valence electrons. The number of aromatic nitrogens is 4. The fraction of sp³-hybridized carbons (Fsp3) is 0.524. The SMILES string of the molecule is COc1ccc2c(c1)nc(NCCCCCC(=O)OCC(C)C)c1nnc(C)n12. The number of methoxy groups -OCH3 is 1. The number of esters is 1. The Kier molecular flexibility index (Phi) is 6.85. The number of hydrogen-bond donors (Lipinski definition) is 1. The van der Waals surface area contributed by atoms with Gasteiger partial charge in [0.25, 0.3) is 0 Å². The number of nitrogens with one attached hydrogen (secondary N) is 1. The van der Waals surface area contributed by atoms with Gasteiger partial charge in [-0.25, -0.2) is 4.98 Å². The van der Waals surface area contributed by atoms with E-state index in [9.17, 15) is 4.79 Å². The number of anilines is 1. The van der Waals surface area contributed by atoms with Gasteiger partial charge >= 0.3 is 5.97 Å². The third kappa shape index (κ3) is 5.13. The fourth-order valence-corrected chi connectivity index (χ4v) is 3.11. The molecule has 8 nitrogen and oxygen atoms in total. The lowest BCUT2D eigenvalue weighted by atomic mass is 10.2. The summed E-state index contributed by atoms with van der Waals surface area (Å²) in [6.07, 6.45) is 3.15. The summed E-state index contributed by atoms with van der Waals surface area (Å²) in [6, 6.07) is 5.77. The largest absolute Gasteiger partial charge is 0.497 e. The second-order valence-corrected chi connectivity index (χ2v) is 7.54. The molecule has 29 heavy (non-hydrogen) atoms. The first-order valence-electron chi connectivity index (χ1n) is 10.1. The van der Waals surface area contributed by atoms with Crippen LogP contribution in [-0.4, -0.2) is 45.8 Å². The smallest absolute Gasteiger partial charge is 0.305 e. The summed E-state index contributed by atoms with van der Waals surface area (Å²) in [5.74, 6) is 2.52. The van der Waals surface area contributed by atoms with Crippen LogP contribution in [-0.2, 0) is 9.53 Å². The molecule has 0 saturated carbocycles. The molecule has 0 unspecified atom stereocenters. The summed E-state index contributed by atoms with van der Waals surface area (Å²) < 4.78 is 12.5. The van der Waals surface area contributed by atoms with Crippen LogP contribution < -0.4 is 10.1 Å². The Labute approximate surface area is 170 Å². The van der Waals surface area contributed by atoms with Crippen molar-refractivity contribution in [2.24, 2.45) is 5.92 Å². The maximum Gasteiger partial charge on any atom is 0.305 e. The number of carbonyl (C=O) groups is 1. The van der Waals surface area contributed by atoms with Crippen molar-refractivity contribution in [3.63, 3.8) is 0 Å². The van der Waals surface area contributed by atoms with Gasteiger partial charge in [-0.15, -0.1) is 10.2 Å². The van der Waals surface area contributed by atoms with Crippen molar-refractivity contribution in [1.29, 1.82) is 0 Å². The molecule has 8 heteroatoms. The zero-order chi connectivity index (χ0) is 20.8. The van der Waals surface area contributed by atoms with Crippen LogP contribution in [0.25, 0.3) is 16.7 Å². The van der Waals surface area contributed by atoms with Gasteiger partial charge in [-0.05, 0) is 37.8 Å². The van der Waals surface area contributed by atoms with Crippen molar-refractivity contribution in [3.05, 3.63) is 24.0 Å². The minimum Gasteiger partial charge on any atom is -0.497 e. The summed E-state index contributed by atoms with van der Waals surface area (Å²) in [6.45, 7) is 7.22. The number of benzene rings is 1. The lowest BCUT2D eigenvalue weighted by molar-refractivity contribution is -0.144. The Hall–Kier alpha value is -2.90. The summed E-state index contributed by atoms with van der Waals surface area (Å²) in [4.78, 5) is 16.4. The van der Waals surface area contributed by atoms with Gasteiger partial charge < -0.3 is 14.8 Å². The second kappa shape index (κ2) is 9.54. The Morgan fingerprint density at radius 2 is 2.03 bits per heavy atom. The molecule has 0 bridgehead atoms. The van der Waals surface area contributed by atoms with Crippen LogP contribution in [0.5, 0.6) is 5.75 Å². The molecule has 0 amide bonds. The molecule has 0 atom stereocenters. The zero-order valence-electron chi connectivity index (χ0n) is 17.6. The molecule has 0 aliphatic rings. The molecule has 3 rings (SSSR count). The molecule has 0 radical (unpaired) electrons. The van der Waals surface area contributed by atoms with E-state index < -0.39 is 0 Å². The third-order valence-electron chi connectivity index (χ3n) is 4.62. The van der Waals surface area contributed by atoms with Gasteiger partial charge in [0.05, 0.1) is 24.8 Å². The van der Waals surface area contributed by atoms with Gasteiger partial charge in [0.15, 0.2) is 5.82 Å². The lowest BCUT2D eigenvalue weighted by Gasteiger charge is -2.11. The van der Waals surface area contributed by atoms with Crippen LogP contribution in [0.3, 0.4) is 0 Å². The third-order valence-corrected chi connectivity index (χ3v) is 4.62. The summed E-state index contributed by atoms with van der Waals surface area (Å²) in [5.41, 5.74) is 2.46. The normalized spacial score (nSPS) is 11.3. The molecule has 2 heterocycles. The molecular formula is C21H29N5O3. The van der Waals surface area contributed by atoms with Gasteiger partial charge in [-0.2, -0.15) is 0 Å². The predicted molar refractivity (Wildman–Crippen MR) is 112 cm³/mol. The van der Waals surface area contributed by atoms with Crippen molar-refractivity contribution in [3.8, 4) is 5.75 Å². The first-order chi connectivity index (χ1) is 14.0. The fourth-order valence-electron chi connectivity index (χ4n) is 3.11. The number of carbonyl (C=O) groups excluding carboxylic acids is 1. The lowest BCUT2D eigenvalue weighted by Crippen LogP contribution is -2.10. The highest BCUT2D eigenvalue weighted by molar-refractivity contribution is 5.84. The number of hydrogen-bond acceptors (Lipinski definition) is 7. The van der Waals surface area contributed by atoms with Gasteiger partial charge in [-0.3, -0.25) is 9.20 Å². The molecule has 0 fully saturated rings. The molecule has 0 spiro atoms. The second-order valence-electron chi connectivity index (χ2n) is 7.54. The molecule has 2 aromatic heterocycles. The van der Waals surface area contributed by atoms with Crippen LogP contribution in [0.15, 0.2) is 18.2 Å². The zero-order valence-corrected chi connectivity index (χ0v) is 17.6. The van der Waals surface area contributed by atoms with Crippen LogP contribution in [0, 0.1) is 12.8 Å². The molecule has 3 aromatic rings.